The van der Waals surface area contributed by atoms with Crippen molar-refractivity contribution in [1.82, 2.24) is 14.9 Å². The maximum atomic E-state index is 13.4. The molecule has 2 fully saturated rings. The fraction of sp³-hybridized carbons (Fsp3) is 0.435. The van der Waals surface area contributed by atoms with Gasteiger partial charge < -0.3 is 20.3 Å². The Balaban J connectivity index is 1.41. The number of anilines is 1. The number of imidazole rings is 1. The van der Waals surface area contributed by atoms with Gasteiger partial charge in [0.25, 0.3) is 5.91 Å². The first-order valence-electron chi connectivity index (χ1n) is 10.8. The number of halogens is 3. The van der Waals surface area contributed by atoms with E-state index >= 15 is 0 Å². The Labute approximate surface area is 201 Å². The van der Waals surface area contributed by atoms with Crippen molar-refractivity contribution >= 4 is 40.0 Å². The highest BCUT2D eigenvalue weighted by molar-refractivity contribution is 6.67. The normalized spacial score (nSPS) is 26.5. The Morgan fingerprint density at radius 3 is 2.73 bits per heavy atom. The van der Waals surface area contributed by atoms with Crippen LogP contribution in [0.25, 0.3) is 0 Å². The second-order valence-electron chi connectivity index (χ2n) is 9.06. The number of aliphatic hydroxyl groups is 1. The van der Waals surface area contributed by atoms with Crippen molar-refractivity contribution in [1.29, 1.82) is 5.41 Å². The summed E-state index contributed by atoms with van der Waals surface area (Å²) in [6.45, 7) is 0.406. The summed E-state index contributed by atoms with van der Waals surface area (Å²) in [6.07, 6.45) is 7.72. The number of amides is 1. The van der Waals surface area contributed by atoms with Crippen LogP contribution in [0.4, 0.5) is 10.1 Å². The predicted octanol–water partition coefficient (Wildman–Crippen LogP) is 4.42. The van der Waals surface area contributed by atoms with E-state index in [0.29, 0.717) is 42.6 Å². The van der Waals surface area contributed by atoms with Gasteiger partial charge in [0.2, 0.25) is 0 Å². The molecule has 0 spiro atoms. The molecule has 4 rings (SSSR count). The third-order valence-electron chi connectivity index (χ3n) is 6.65. The summed E-state index contributed by atoms with van der Waals surface area (Å²) < 4.78 is 15.1. The molecular formula is C23H26Cl2FN5O2. The number of hydrogen-bond donors (Lipinski definition) is 4. The molecule has 0 aliphatic heterocycles. The lowest BCUT2D eigenvalue weighted by Crippen LogP contribution is -2.37. The van der Waals surface area contributed by atoms with E-state index in [0.717, 1.165) is 18.5 Å². The van der Waals surface area contributed by atoms with Gasteiger partial charge in [-0.3, -0.25) is 10.2 Å². The van der Waals surface area contributed by atoms with Gasteiger partial charge in [0, 0.05) is 25.2 Å². The van der Waals surface area contributed by atoms with Crippen LogP contribution in [0, 0.1) is 23.1 Å². The van der Waals surface area contributed by atoms with Crippen LogP contribution in [0.2, 0.25) is 5.02 Å². The molecule has 7 nitrogen and oxygen atoms in total. The second kappa shape index (κ2) is 9.44. The van der Waals surface area contributed by atoms with Crippen molar-refractivity contribution in [3.63, 3.8) is 0 Å². The van der Waals surface area contributed by atoms with Crippen LogP contribution in [-0.2, 0) is 7.05 Å². The fourth-order valence-corrected chi connectivity index (χ4v) is 5.55. The highest BCUT2D eigenvalue weighted by atomic mass is 35.5. The first-order valence-corrected chi connectivity index (χ1v) is 11.5. The van der Waals surface area contributed by atoms with Crippen molar-refractivity contribution in [3.8, 4) is 0 Å². The third-order valence-corrected chi connectivity index (χ3v) is 7.06. The molecule has 176 valence electrons. The van der Waals surface area contributed by atoms with Crippen LogP contribution >= 0.6 is 23.2 Å². The van der Waals surface area contributed by atoms with Crippen LogP contribution < -0.4 is 10.6 Å². The molecule has 10 heteroatoms. The average Bonchev–Trinajstić information content (AvgIpc) is 3.39. The topological polar surface area (TPSA) is 103 Å². The Kier molecular flexibility index (Phi) is 6.79. The Bertz CT molecular complexity index is 1090. The van der Waals surface area contributed by atoms with Gasteiger partial charge in [-0.05, 0) is 68.0 Å². The molecule has 2 unspecified atom stereocenters. The smallest absolute Gasteiger partial charge is 0.274 e. The highest BCUT2D eigenvalue weighted by Crippen LogP contribution is 2.53. The van der Waals surface area contributed by atoms with E-state index in [1.165, 1.54) is 24.3 Å². The van der Waals surface area contributed by atoms with Gasteiger partial charge >= 0.3 is 0 Å². The summed E-state index contributed by atoms with van der Waals surface area (Å²) >= 11 is 11.3. The van der Waals surface area contributed by atoms with Crippen molar-refractivity contribution in [2.45, 2.75) is 37.2 Å². The Morgan fingerprint density at radius 2 is 2.09 bits per heavy atom. The molecule has 1 amide bonds. The van der Waals surface area contributed by atoms with Crippen molar-refractivity contribution in [3.05, 3.63) is 59.0 Å². The molecule has 1 aromatic heterocycles. The number of carbonyl (C=O) groups is 1. The standard InChI is InChI=1S/C23H26Cl2FN5O2/c1-31-12-29-20(21(31)22(32)30-16-2-3-18(26)17(24)8-16)13-6-14-9-23(33,10-15(14)7-13)11-28-5-4-19(25)27/h2-5,8,12-15,27-28,33H,6-7,9-11H2,1H3,(H,30,32)/b5-4-,27-19?. The Hall–Kier alpha value is -2.42. The predicted molar refractivity (Wildman–Crippen MR) is 126 cm³/mol. The van der Waals surface area contributed by atoms with Crippen LogP contribution in [0.1, 0.15) is 47.8 Å². The number of aryl methyl sites for hydroxylation is 1. The lowest BCUT2D eigenvalue weighted by Gasteiger charge is -2.24. The first-order chi connectivity index (χ1) is 15.6. The van der Waals surface area contributed by atoms with Crippen LogP contribution in [0.3, 0.4) is 0 Å². The first kappa shape index (κ1) is 23.7. The maximum Gasteiger partial charge on any atom is 0.274 e. The molecule has 2 saturated carbocycles. The number of carbonyl (C=O) groups excluding carboxylic acids is 1. The van der Waals surface area contributed by atoms with Gasteiger partial charge in [-0.1, -0.05) is 23.2 Å². The third kappa shape index (κ3) is 5.23. The molecule has 1 aromatic carbocycles. The van der Waals surface area contributed by atoms with Gasteiger partial charge in [0.1, 0.15) is 16.7 Å². The zero-order chi connectivity index (χ0) is 23.8. The summed E-state index contributed by atoms with van der Waals surface area (Å²) in [7, 11) is 1.78. The van der Waals surface area contributed by atoms with E-state index in [9.17, 15) is 14.3 Å². The van der Waals surface area contributed by atoms with E-state index in [1.807, 2.05) is 0 Å². The number of nitrogens with one attached hydrogen (secondary N) is 3. The average molecular weight is 494 g/mol. The summed E-state index contributed by atoms with van der Waals surface area (Å²) in [5.74, 6) is -0.0232. The Morgan fingerprint density at radius 1 is 1.39 bits per heavy atom. The molecule has 2 aliphatic carbocycles. The molecular weight excluding hydrogens is 468 g/mol. The van der Waals surface area contributed by atoms with Gasteiger partial charge in [0.15, 0.2) is 0 Å². The zero-order valence-corrected chi connectivity index (χ0v) is 19.6. The SMILES string of the molecule is Cn1cnc(C2CC3CC(O)(CN/C=C\C(=N)Cl)CC3C2)c1C(=O)Nc1ccc(F)c(Cl)c1. The number of benzene rings is 1. The van der Waals surface area contributed by atoms with Crippen molar-refractivity contribution in [2.75, 3.05) is 11.9 Å². The maximum absolute atomic E-state index is 13.4. The summed E-state index contributed by atoms with van der Waals surface area (Å²) in [6, 6.07) is 4.06. The van der Waals surface area contributed by atoms with Crippen LogP contribution in [0.15, 0.2) is 36.8 Å². The van der Waals surface area contributed by atoms with Gasteiger partial charge in [-0.2, -0.15) is 0 Å². The fourth-order valence-electron chi connectivity index (χ4n) is 5.31. The molecule has 0 saturated heterocycles. The monoisotopic (exact) mass is 493 g/mol. The van der Waals surface area contributed by atoms with E-state index in [4.69, 9.17) is 28.6 Å². The number of fused-ring (bicyclic) bond motifs is 1. The minimum absolute atomic E-state index is 0.0555. The number of allylic oxidation sites excluding steroid dienone is 1. The summed E-state index contributed by atoms with van der Waals surface area (Å²) in [5.41, 5.74) is 0.845. The van der Waals surface area contributed by atoms with Gasteiger partial charge in [-0.15, -0.1) is 0 Å². The minimum atomic E-state index is -0.800. The van der Waals surface area contributed by atoms with Crippen molar-refractivity contribution < 1.29 is 14.3 Å². The number of aromatic nitrogens is 2. The van der Waals surface area contributed by atoms with E-state index in [2.05, 4.69) is 15.6 Å². The zero-order valence-electron chi connectivity index (χ0n) is 18.1. The number of rotatable bonds is 7. The molecule has 2 aliphatic rings. The minimum Gasteiger partial charge on any atom is -0.388 e. The van der Waals surface area contributed by atoms with E-state index in [-0.39, 0.29) is 22.0 Å². The van der Waals surface area contributed by atoms with Crippen LogP contribution in [0.5, 0.6) is 0 Å². The van der Waals surface area contributed by atoms with Crippen molar-refractivity contribution in [2.24, 2.45) is 18.9 Å². The molecule has 2 atom stereocenters. The molecule has 4 N–H and O–H groups in total. The van der Waals surface area contributed by atoms with Gasteiger partial charge in [0.05, 0.1) is 22.6 Å². The van der Waals surface area contributed by atoms with E-state index in [1.54, 1.807) is 24.1 Å². The molecule has 0 bridgehead atoms. The quantitative estimate of drug-likeness (QED) is 0.428. The van der Waals surface area contributed by atoms with Crippen LogP contribution in [-0.4, -0.2) is 37.9 Å². The molecule has 33 heavy (non-hydrogen) atoms. The molecule has 0 radical (unpaired) electrons. The molecule has 1 heterocycles. The largest absolute Gasteiger partial charge is 0.388 e. The second-order valence-corrected chi connectivity index (χ2v) is 9.87. The van der Waals surface area contributed by atoms with Gasteiger partial charge in [-0.25, -0.2) is 9.37 Å². The summed E-state index contributed by atoms with van der Waals surface area (Å²) in [5, 5.41) is 23.8. The van der Waals surface area contributed by atoms with E-state index < -0.39 is 11.4 Å². The molecule has 2 aromatic rings. The number of hydrogen-bond acceptors (Lipinski definition) is 5. The highest BCUT2D eigenvalue weighted by Gasteiger charge is 2.49. The summed E-state index contributed by atoms with van der Waals surface area (Å²) in [4.78, 5) is 17.6. The number of nitrogens with zero attached hydrogens (tertiary/aromatic N) is 2. The lowest BCUT2D eigenvalue weighted by molar-refractivity contribution is 0.0415. The lowest BCUT2D eigenvalue weighted by atomic mass is 9.92.